The van der Waals surface area contributed by atoms with E-state index < -0.39 is 17.1 Å². The van der Waals surface area contributed by atoms with Gasteiger partial charge in [0.1, 0.15) is 11.0 Å². The molecule has 4 nitrogen and oxygen atoms in total. The highest BCUT2D eigenvalue weighted by Crippen LogP contribution is 2.13. The van der Waals surface area contributed by atoms with Gasteiger partial charge < -0.3 is 0 Å². The first-order valence-electron chi connectivity index (χ1n) is 5.20. The second kappa shape index (κ2) is 4.42. The van der Waals surface area contributed by atoms with E-state index in [-0.39, 0.29) is 16.4 Å². The Kier molecular flexibility index (Phi) is 3.09. The molecule has 0 atom stereocenters. The Bertz CT molecular complexity index is 734. The summed E-state index contributed by atoms with van der Waals surface area (Å²) in [5.41, 5.74) is -0.214. The predicted octanol–water partition coefficient (Wildman–Crippen LogP) is 1.94. The van der Waals surface area contributed by atoms with Crippen LogP contribution < -0.4 is 11.2 Å². The van der Waals surface area contributed by atoms with Crippen molar-refractivity contribution in [3.8, 4) is 5.69 Å². The summed E-state index contributed by atoms with van der Waals surface area (Å²) in [6.45, 7) is 3.18. The van der Waals surface area contributed by atoms with Crippen LogP contribution in [0.1, 0.15) is 11.1 Å². The molecule has 0 aliphatic rings. The summed E-state index contributed by atoms with van der Waals surface area (Å²) in [6, 6.07) is 3.90. The van der Waals surface area contributed by atoms with Crippen LogP contribution in [0.5, 0.6) is 0 Å². The lowest BCUT2D eigenvalue weighted by Gasteiger charge is -2.09. The Morgan fingerprint density at radius 3 is 2.61 bits per heavy atom. The van der Waals surface area contributed by atoms with Gasteiger partial charge in [-0.15, -0.1) is 0 Å². The minimum Gasteiger partial charge on any atom is -0.297 e. The van der Waals surface area contributed by atoms with E-state index in [1.54, 1.807) is 6.92 Å². The Morgan fingerprint density at radius 2 is 1.94 bits per heavy atom. The lowest BCUT2D eigenvalue weighted by atomic mass is 10.2. The van der Waals surface area contributed by atoms with Crippen LogP contribution in [0.15, 0.2) is 27.8 Å². The molecule has 94 valence electrons. The summed E-state index contributed by atoms with van der Waals surface area (Å²) in [7, 11) is 0. The molecule has 0 aliphatic carbocycles. The highest BCUT2D eigenvalue weighted by Gasteiger charge is 2.12. The average Bonchev–Trinajstić information content (AvgIpc) is 2.31. The van der Waals surface area contributed by atoms with Crippen LogP contribution in [-0.2, 0) is 0 Å². The van der Waals surface area contributed by atoms with Crippen LogP contribution in [0.3, 0.4) is 0 Å². The molecule has 0 amide bonds. The van der Waals surface area contributed by atoms with Gasteiger partial charge in [0, 0.05) is 0 Å². The fourth-order valence-electron chi connectivity index (χ4n) is 1.64. The van der Waals surface area contributed by atoms with E-state index in [0.29, 0.717) is 5.56 Å². The molecule has 18 heavy (non-hydrogen) atoms. The first kappa shape index (κ1) is 12.6. The fourth-order valence-corrected chi connectivity index (χ4v) is 1.80. The number of halogens is 2. The zero-order valence-corrected chi connectivity index (χ0v) is 10.5. The van der Waals surface area contributed by atoms with Crippen LogP contribution in [-0.4, -0.2) is 9.55 Å². The van der Waals surface area contributed by atoms with Crippen molar-refractivity contribution in [2.75, 3.05) is 0 Å². The van der Waals surface area contributed by atoms with Crippen LogP contribution in [0.25, 0.3) is 5.69 Å². The second-order valence-corrected chi connectivity index (χ2v) is 4.32. The van der Waals surface area contributed by atoms with Gasteiger partial charge in [0.05, 0.1) is 11.3 Å². The quantitative estimate of drug-likeness (QED) is 0.804. The monoisotopic (exact) mass is 268 g/mol. The Hall–Kier alpha value is -1.88. The van der Waals surface area contributed by atoms with Crippen molar-refractivity contribution in [3.05, 3.63) is 61.1 Å². The van der Waals surface area contributed by atoms with Crippen molar-refractivity contribution in [3.63, 3.8) is 0 Å². The molecule has 1 aromatic carbocycles. The fraction of sp³-hybridized carbons (Fsp3) is 0.167. The van der Waals surface area contributed by atoms with E-state index in [1.807, 2.05) is 0 Å². The Morgan fingerprint density at radius 1 is 1.28 bits per heavy atom. The minimum absolute atomic E-state index is 0.00435. The molecule has 2 aromatic rings. The maximum Gasteiger partial charge on any atom is 0.334 e. The number of aromatic nitrogens is 2. The zero-order chi connectivity index (χ0) is 13.4. The molecule has 6 heteroatoms. The summed E-state index contributed by atoms with van der Waals surface area (Å²) < 4.78 is 14.1. The third kappa shape index (κ3) is 1.97. The van der Waals surface area contributed by atoms with Gasteiger partial charge >= 0.3 is 5.69 Å². The molecule has 0 saturated carbocycles. The van der Waals surface area contributed by atoms with Crippen LogP contribution in [0, 0.1) is 19.7 Å². The third-order valence-electron chi connectivity index (χ3n) is 2.68. The molecule has 1 aromatic heterocycles. The van der Waals surface area contributed by atoms with Crippen molar-refractivity contribution >= 4 is 11.6 Å². The molecule has 0 unspecified atom stereocenters. The summed E-state index contributed by atoms with van der Waals surface area (Å²) in [4.78, 5) is 26.1. The van der Waals surface area contributed by atoms with E-state index >= 15 is 0 Å². The smallest absolute Gasteiger partial charge is 0.297 e. The number of hydrogen-bond donors (Lipinski definition) is 1. The topological polar surface area (TPSA) is 54.9 Å². The van der Waals surface area contributed by atoms with Crippen molar-refractivity contribution in [2.24, 2.45) is 0 Å². The van der Waals surface area contributed by atoms with E-state index in [1.165, 1.54) is 19.1 Å². The predicted molar refractivity (Wildman–Crippen MR) is 67.1 cm³/mol. The summed E-state index contributed by atoms with van der Waals surface area (Å²) in [5.74, 6) is -0.519. The number of rotatable bonds is 1. The summed E-state index contributed by atoms with van der Waals surface area (Å²) in [6.07, 6.45) is 0. The second-order valence-electron chi connectivity index (χ2n) is 3.94. The highest BCUT2D eigenvalue weighted by molar-refractivity contribution is 6.30. The van der Waals surface area contributed by atoms with Crippen LogP contribution in [0.4, 0.5) is 4.39 Å². The number of benzene rings is 1. The summed E-state index contributed by atoms with van der Waals surface area (Å²) in [5, 5.41) is -0.00435. The Labute approximate surface area is 107 Å². The molecule has 0 fully saturated rings. The molecule has 2 rings (SSSR count). The van der Waals surface area contributed by atoms with Gasteiger partial charge in [0.25, 0.3) is 5.56 Å². The number of H-pyrrole nitrogens is 1. The first-order valence-corrected chi connectivity index (χ1v) is 5.57. The maximum atomic E-state index is 13.2. The molecule has 1 N–H and O–H groups in total. The summed E-state index contributed by atoms with van der Waals surface area (Å²) >= 11 is 5.71. The van der Waals surface area contributed by atoms with Gasteiger partial charge in [-0.05, 0) is 31.5 Å². The lowest BCUT2D eigenvalue weighted by molar-refractivity contribution is 0.625. The number of aryl methyl sites for hydroxylation is 1. The third-order valence-corrected chi connectivity index (χ3v) is 3.06. The lowest BCUT2D eigenvalue weighted by Crippen LogP contribution is -2.35. The standard InChI is InChI=1S/C12H10ClFN2O2/c1-6-3-4-8(14)5-9(6)16-11(17)7(2)10(13)15-12(16)18/h3-5H,1-2H3,(H,15,18). The minimum atomic E-state index is -0.690. The molecule has 1 heterocycles. The molecular weight excluding hydrogens is 259 g/mol. The van der Waals surface area contributed by atoms with Gasteiger partial charge in [-0.1, -0.05) is 17.7 Å². The van der Waals surface area contributed by atoms with E-state index in [0.717, 1.165) is 10.6 Å². The highest BCUT2D eigenvalue weighted by atomic mass is 35.5. The van der Waals surface area contributed by atoms with Gasteiger partial charge in [0.15, 0.2) is 0 Å². The van der Waals surface area contributed by atoms with Gasteiger partial charge in [-0.2, -0.15) is 0 Å². The number of nitrogens with zero attached hydrogens (tertiary/aromatic N) is 1. The largest absolute Gasteiger partial charge is 0.334 e. The average molecular weight is 269 g/mol. The van der Waals surface area contributed by atoms with E-state index in [4.69, 9.17) is 11.6 Å². The zero-order valence-electron chi connectivity index (χ0n) is 9.75. The number of hydrogen-bond acceptors (Lipinski definition) is 2. The molecular formula is C12H10ClFN2O2. The molecule has 0 radical (unpaired) electrons. The van der Waals surface area contributed by atoms with Crippen LogP contribution >= 0.6 is 11.6 Å². The van der Waals surface area contributed by atoms with Crippen LogP contribution in [0.2, 0.25) is 5.15 Å². The van der Waals surface area contributed by atoms with Gasteiger partial charge in [0.2, 0.25) is 0 Å². The normalized spacial score (nSPS) is 10.7. The van der Waals surface area contributed by atoms with Gasteiger partial charge in [-0.3, -0.25) is 9.78 Å². The molecule has 0 aliphatic heterocycles. The van der Waals surface area contributed by atoms with Crippen molar-refractivity contribution in [1.82, 2.24) is 9.55 Å². The number of aromatic amines is 1. The maximum absolute atomic E-state index is 13.2. The molecule has 0 bridgehead atoms. The van der Waals surface area contributed by atoms with Crippen molar-refractivity contribution in [1.29, 1.82) is 0 Å². The first-order chi connectivity index (χ1) is 8.41. The SMILES string of the molecule is Cc1ccc(F)cc1-n1c(=O)[nH]c(Cl)c(C)c1=O. The van der Waals surface area contributed by atoms with Crippen molar-refractivity contribution < 1.29 is 4.39 Å². The molecule has 0 spiro atoms. The van der Waals surface area contributed by atoms with E-state index in [2.05, 4.69) is 4.98 Å². The molecule has 0 saturated heterocycles. The number of nitrogens with one attached hydrogen (secondary N) is 1. The van der Waals surface area contributed by atoms with Gasteiger partial charge in [-0.25, -0.2) is 13.8 Å². The Balaban J connectivity index is 2.88. The van der Waals surface area contributed by atoms with E-state index in [9.17, 15) is 14.0 Å². The van der Waals surface area contributed by atoms with Crippen molar-refractivity contribution in [2.45, 2.75) is 13.8 Å².